The van der Waals surface area contributed by atoms with E-state index in [9.17, 15) is 0 Å². The predicted molar refractivity (Wildman–Crippen MR) is 411 cm³/mol. The normalized spacial score (nSPS) is 13.4. The second-order valence-corrected chi connectivity index (χ2v) is 27.9. The van der Waals surface area contributed by atoms with E-state index in [1.54, 1.807) is 0 Å². The van der Waals surface area contributed by atoms with Crippen molar-refractivity contribution >= 4 is 65.4 Å². The molecule has 466 valence electrons. The Morgan fingerprint density at radius 3 is 0.980 bits per heavy atom. The number of hydrogen-bond donors (Lipinski definition) is 0. The molecule has 2 aliphatic carbocycles. The predicted octanol–water partition coefficient (Wildman–Crippen LogP) is 23.8. The summed E-state index contributed by atoms with van der Waals surface area (Å²) in [5.41, 5.74) is 30.5. The second-order valence-electron chi connectivity index (χ2n) is 27.9. The molecule has 0 fully saturated rings. The molecule has 0 bridgehead atoms. The van der Waals surface area contributed by atoms with Crippen LogP contribution in [0.1, 0.15) is 49.9 Å². The van der Waals surface area contributed by atoms with Gasteiger partial charge in [-0.1, -0.05) is 246 Å². The van der Waals surface area contributed by atoms with Crippen LogP contribution in [-0.4, -0.2) is 28.7 Å². The fourth-order valence-electron chi connectivity index (χ4n) is 16.8. The summed E-state index contributed by atoms with van der Waals surface area (Å²) in [5, 5.41) is 7.21. The number of nitrogens with zero attached hydrogens (tertiary/aromatic N) is 6. The minimum Gasteiger partial charge on any atom is -0.309 e. The minimum absolute atomic E-state index is 0.119. The molecule has 4 aromatic heterocycles. The van der Waals surface area contributed by atoms with E-state index in [1.165, 1.54) is 99.5 Å². The van der Waals surface area contributed by atoms with Crippen molar-refractivity contribution in [3.05, 3.63) is 338 Å². The maximum Gasteiger partial charge on any atom is 0.164 e. The van der Waals surface area contributed by atoms with E-state index in [1.807, 2.05) is 24.3 Å². The second kappa shape index (κ2) is 21.5. The van der Waals surface area contributed by atoms with Gasteiger partial charge in [-0.2, -0.15) is 0 Å². The zero-order chi connectivity index (χ0) is 65.8. The molecule has 14 aromatic carbocycles. The van der Waals surface area contributed by atoms with Crippen LogP contribution < -0.4 is 0 Å². The Bertz CT molecular complexity index is 6120. The Morgan fingerprint density at radius 1 is 0.202 bits per heavy atom. The Balaban J connectivity index is 0.741. The standard InChI is InChI=1S/C93H64N6/c1-92(2)79-30-15-11-26-69(79)71-44-42-67(55-81(71)92)98-83-32-17-13-28-73(83)75-51-61(38-46-85(75)98)63-40-48-87-77(53-63)78-54-64(62-39-47-86-76(52-62)74-29-14-18-33-84(74)99(86)68-43-45-72-70-27-12-16-31-80(70)93(3,4)82(72)56-68)41-49-88(78)97(87)66-25-19-24-65(50-66)91-95-89(59-22-9-6-10-23-59)94-90(96-91)60-36-34-58(35-37-60)57-20-7-5-8-21-57/h5-56H,1-4H3. The number of para-hydroxylation sites is 2. The van der Waals surface area contributed by atoms with Crippen molar-refractivity contribution in [1.29, 1.82) is 0 Å². The summed E-state index contributed by atoms with van der Waals surface area (Å²) in [5.74, 6) is 1.83. The van der Waals surface area contributed by atoms with Crippen molar-refractivity contribution < 1.29 is 0 Å². The number of rotatable bonds is 9. The van der Waals surface area contributed by atoms with Crippen LogP contribution >= 0.6 is 0 Å². The lowest BCUT2D eigenvalue weighted by Crippen LogP contribution is -2.15. The van der Waals surface area contributed by atoms with E-state index in [0.29, 0.717) is 17.5 Å². The molecule has 20 rings (SSSR count). The third-order valence-electron chi connectivity index (χ3n) is 21.7. The molecule has 0 spiro atoms. The molecule has 0 saturated heterocycles. The lowest BCUT2D eigenvalue weighted by Gasteiger charge is -2.22. The number of benzene rings is 14. The van der Waals surface area contributed by atoms with E-state index < -0.39 is 0 Å². The first-order valence-electron chi connectivity index (χ1n) is 34.3. The van der Waals surface area contributed by atoms with E-state index in [-0.39, 0.29) is 10.8 Å². The average Bonchev–Trinajstić information content (AvgIpc) is 1.59. The minimum atomic E-state index is -0.119. The van der Waals surface area contributed by atoms with Crippen LogP contribution in [0.3, 0.4) is 0 Å². The molecule has 6 heteroatoms. The van der Waals surface area contributed by atoms with Gasteiger partial charge in [0.05, 0.1) is 33.1 Å². The van der Waals surface area contributed by atoms with Crippen molar-refractivity contribution in [2.45, 2.75) is 38.5 Å². The highest BCUT2D eigenvalue weighted by Crippen LogP contribution is 2.52. The van der Waals surface area contributed by atoms with Crippen molar-refractivity contribution in [2.24, 2.45) is 0 Å². The highest BCUT2D eigenvalue weighted by molar-refractivity contribution is 6.15. The molecule has 18 aromatic rings. The molecule has 99 heavy (non-hydrogen) atoms. The summed E-state index contributed by atoms with van der Waals surface area (Å²) < 4.78 is 7.35. The van der Waals surface area contributed by atoms with Gasteiger partial charge in [-0.25, -0.2) is 15.0 Å². The molecular weight excluding hydrogens is 1200 g/mol. The molecule has 6 nitrogen and oxygen atoms in total. The van der Waals surface area contributed by atoms with E-state index >= 15 is 0 Å². The molecule has 0 amide bonds. The summed E-state index contributed by atoms with van der Waals surface area (Å²) in [6.45, 7) is 9.45. The van der Waals surface area contributed by atoms with Crippen LogP contribution in [0.25, 0.3) is 172 Å². The van der Waals surface area contributed by atoms with Crippen LogP contribution in [-0.2, 0) is 10.8 Å². The quantitative estimate of drug-likeness (QED) is 0.145. The van der Waals surface area contributed by atoms with Crippen molar-refractivity contribution in [3.8, 4) is 107 Å². The van der Waals surface area contributed by atoms with Gasteiger partial charge in [0.1, 0.15) is 0 Å². The highest BCUT2D eigenvalue weighted by atomic mass is 15.0. The van der Waals surface area contributed by atoms with Gasteiger partial charge in [0.25, 0.3) is 0 Å². The topological polar surface area (TPSA) is 53.5 Å². The van der Waals surface area contributed by atoms with Crippen LogP contribution in [0.5, 0.6) is 0 Å². The maximum atomic E-state index is 5.28. The summed E-state index contributed by atoms with van der Waals surface area (Å²) in [6, 6.07) is 116. The van der Waals surface area contributed by atoms with Gasteiger partial charge >= 0.3 is 0 Å². The number of hydrogen-bond acceptors (Lipinski definition) is 3. The smallest absolute Gasteiger partial charge is 0.164 e. The lowest BCUT2D eigenvalue weighted by molar-refractivity contribution is 0.660. The summed E-state index contributed by atoms with van der Waals surface area (Å²) in [6.07, 6.45) is 0. The Labute approximate surface area is 573 Å². The van der Waals surface area contributed by atoms with Crippen LogP contribution in [0.15, 0.2) is 315 Å². The molecule has 2 aliphatic rings. The van der Waals surface area contributed by atoms with Gasteiger partial charge in [0.15, 0.2) is 17.5 Å². The average molecular weight is 1270 g/mol. The van der Waals surface area contributed by atoms with Crippen molar-refractivity contribution in [2.75, 3.05) is 0 Å². The van der Waals surface area contributed by atoms with Gasteiger partial charge < -0.3 is 13.7 Å². The summed E-state index contributed by atoms with van der Waals surface area (Å²) in [7, 11) is 0. The first-order valence-corrected chi connectivity index (χ1v) is 34.3. The van der Waals surface area contributed by atoms with Crippen LogP contribution in [0.2, 0.25) is 0 Å². The fraction of sp³-hybridized carbons (Fsp3) is 0.0645. The van der Waals surface area contributed by atoms with Gasteiger partial charge in [-0.15, -0.1) is 0 Å². The summed E-state index contributed by atoms with van der Waals surface area (Å²) >= 11 is 0. The summed E-state index contributed by atoms with van der Waals surface area (Å²) in [4.78, 5) is 15.6. The molecular formula is C93H64N6. The Morgan fingerprint density at radius 2 is 0.515 bits per heavy atom. The van der Waals surface area contributed by atoms with Crippen molar-refractivity contribution in [1.82, 2.24) is 28.7 Å². The van der Waals surface area contributed by atoms with Crippen LogP contribution in [0, 0.1) is 0 Å². The molecule has 0 radical (unpaired) electrons. The fourth-order valence-corrected chi connectivity index (χ4v) is 16.8. The molecule has 0 aliphatic heterocycles. The maximum absolute atomic E-state index is 5.28. The van der Waals surface area contributed by atoms with Gasteiger partial charge in [0, 0.05) is 76.9 Å². The van der Waals surface area contributed by atoms with Crippen molar-refractivity contribution in [3.63, 3.8) is 0 Å². The molecule has 4 heterocycles. The monoisotopic (exact) mass is 1260 g/mol. The molecule has 0 unspecified atom stereocenters. The highest BCUT2D eigenvalue weighted by Gasteiger charge is 2.37. The molecule has 0 atom stereocenters. The Hall–Kier alpha value is -12.5. The van der Waals surface area contributed by atoms with Gasteiger partial charge in [-0.05, 0) is 175 Å². The number of aromatic nitrogens is 6. The SMILES string of the molecule is CC1(C)c2ccccc2-c2ccc(-n3c4ccccc4c4cc(-c5ccc6c(c5)c5cc(-c7ccc8c(c7)c7ccccc7n8-c7ccc8c(c7)C(C)(C)c7ccccc7-8)ccc5n6-c5cccc(-c6nc(-c7ccccc7)nc(-c7ccc(-c8ccccc8)cc7)n6)c5)ccc43)cc21. The molecule has 0 N–H and O–H groups in total. The number of fused-ring (bicyclic) bond motifs is 15. The van der Waals surface area contributed by atoms with Crippen LogP contribution in [0.4, 0.5) is 0 Å². The zero-order valence-electron chi connectivity index (χ0n) is 55.2. The first-order chi connectivity index (χ1) is 48.6. The van der Waals surface area contributed by atoms with Gasteiger partial charge in [0.2, 0.25) is 0 Å². The first kappa shape index (κ1) is 56.8. The van der Waals surface area contributed by atoms with E-state index in [4.69, 9.17) is 15.0 Å². The van der Waals surface area contributed by atoms with Gasteiger partial charge in [-0.3, -0.25) is 0 Å². The van der Waals surface area contributed by atoms with E-state index in [2.05, 4.69) is 333 Å². The Kier molecular flexibility index (Phi) is 12.3. The third kappa shape index (κ3) is 8.72. The molecule has 0 saturated carbocycles. The zero-order valence-corrected chi connectivity index (χ0v) is 55.2. The lowest BCUT2D eigenvalue weighted by atomic mass is 9.82. The third-order valence-corrected chi connectivity index (χ3v) is 21.7. The van der Waals surface area contributed by atoms with E-state index in [0.717, 1.165) is 77.6 Å². The largest absolute Gasteiger partial charge is 0.309 e.